The van der Waals surface area contributed by atoms with E-state index in [4.69, 9.17) is 4.74 Å². The molecule has 0 aromatic heterocycles. The molecule has 4 nitrogen and oxygen atoms in total. The maximum atomic E-state index is 5.68. The van der Waals surface area contributed by atoms with Crippen molar-refractivity contribution in [1.29, 1.82) is 0 Å². The molecule has 0 unspecified atom stereocenters. The molecule has 0 aliphatic heterocycles. The Balaban J connectivity index is 0.00000338. The Labute approximate surface area is 174 Å². The Morgan fingerprint density at radius 1 is 0.962 bits per heavy atom. The molecular formula is C21H30IN3O. The van der Waals surface area contributed by atoms with E-state index in [-0.39, 0.29) is 24.0 Å². The summed E-state index contributed by atoms with van der Waals surface area (Å²) in [5.41, 5.74) is 3.79. The van der Waals surface area contributed by atoms with E-state index < -0.39 is 0 Å². The first-order valence-corrected chi connectivity index (χ1v) is 8.96. The molecule has 0 spiro atoms. The molecule has 5 heteroatoms. The van der Waals surface area contributed by atoms with Gasteiger partial charge in [-0.15, -0.1) is 24.0 Å². The molecule has 0 radical (unpaired) electrons. The third-order valence-electron chi connectivity index (χ3n) is 3.94. The normalized spacial score (nSPS) is 10.9. The molecule has 0 aliphatic carbocycles. The lowest BCUT2D eigenvalue weighted by molar-refractivity contribution is 0.121. The Morgan fingerprint density at radius 3 is 2.35 bits per heavy atom. The van der Waals surface area contributed by atoms with Gasteiger partial charge in [-0.1, -0.05) is 61.5 Å². The first-order chi connectivity index (χ1) is 12.3. The first kappa shape index (κ1) is 22.4. The summed E-state index contributed by atoms with van der Waals surface area (Å²) < 4.78 is 5.68. The Morgan fingerprint density at radius 2 is 1.65 bits per heavy atom. The maximum absolute atomic E-state index is 5.68. The molecule has 0 saturated heterocycles. The van der Waals surface area contributed by atoms with Crippen LogP contribution in [0.2, 0.25) is 0 Å². The molecule has 0 atom stereocenters. The lowest BCUT2D eigenvalue weighted by Gasteiger charge is -2.14. The van der Waals surface area contributed by atoms with Crippen LogP contribution in [0.5, 0.6) is 0 Å². The predicted octanol–water partition coefficient (Wildman–Crippen LogP) is 4.14. The molecule has 142 valence electrons. The standard InChI is InChI=1S/C21H29N3O.HI/c1-3-15-25-17-20-12-8-7-11-19(20)16-24-21(22-2)23-14-13-18-9-5-4-6-10-18;/h4-12H,3,13-17H2,1-2H3,(H2,22,23,24);1H. The van der Waals surface area contributed by atoms with E-state index in [1.54, 1.807) is 7.05 Å². The summed E-state index contributed by atoms with van der Waals surface area (Å²) in [5.74, 6) is 0.820. The van der Waals surface area contributed by atoms with Gasteiger partial charge in [0.1, 0.15) is 0 Å². The molecule has 2 N–H and O–H groups in total. The maximum Gasteiger partial charge on any atom is 0.191 e. The van der Waals surface area contributed by atoms with Gasteiger partial charge in [0.05, 0.1) is 6.61 Å². The minimum atomic E-state index is 0. The Hall–Kier alpha value is -1.60. The zero-order valence-corrected chi connectivity index (χ0v) is 18.0. The lowest BCUT2D eigenvalue weighted by Crippen LogP contribution is -2.38. The van der Waals surface area contributed by atoms with Crippen LogP contribution >= 0.6 is 24.0 Å². The predicted molar refractivity (Wildman–Crippen MR) is 120 cm³/mol. The van der Waals surface area contributed by atoms with Crippen LogP contribution in [0.15, 0.2) is 59.6 Å². The highest BCUT2D eigenvalue weighted by Gasteiger charge is 2.04. The summed E-state index contributed by atoms with van der Waals surface area (Å²) in [4.78, 5) is 4.30. The van der Waals surface area contributed by atoms with Gasteiger partial charge >= 0.3 is 0 Å². The lowest BCUT2D eigenvalue weighted by atomic mass is 10.1. The highest BCUT2D eigenvalue weighted by Crippen LogP contribution is 2.10. The summed E-state index contributed by atoms with van der Waals surface area (Å²) >= 11 is 0. The van der Waals surface area contributed by atoms with Gasteiger partial charge in [-0.3, -0.25) is 4.99 Å². The summed E-state index contributed by atoms with van der Waals surface area (Å²) in [5, 5.41) is 6.75. The monoisotopic (exact) mass is 467 g/mol. The van der Waals surface area contributed by atoms with Crippen molar-refractivity contribution in [2.75, 3.05) is 20.2 Å². The van der Waals surface area contributed by atoms with Gasteiger partial charge in [-0.2, -0.15) is 0 Å². The highest BCUT2D eigenvalue weighted by molar-refractivity contribution is 14.0. The average molecular weight is 467 g/mol. The van der Waals surface area contributed by atoms with E-state index in [2.05, 4.69) is 71.1 Å². The minimum absolute atomic E-state index is 0. The topological polar surface area (TPSA) is 45.6 Å². The highest BCUT2D eigenvalue weighted by atomic mass is 127. The van der Waals surface area contributed by atoms with Gasteiger partial charge in [0.2, 0.25) is 0 Å². The van der Waals surface area contributed by atoms with E-state index in [0.29, 0.717) is 6.61 Å². The van der Waals surface area contributed by atoms with Crippen molar-refractivity contribution >= 4 is 29.9 Å². The smallest absolute Gasteiger partial charge is 0.191 e. The number of guanidine groups is 1. The van der Waals surface area contributed by atoms with E-state index in [1.165, 1.54) is 16.7 Å². The quantitative estimate of drug-likeness (QED) is 0.252. The molecule has 2 aromatic carbocycles. The van der Waals surface area contributed by atoms with Gasteiger partial charge < -0.3 is 15.4 Å². The third-order valence-corrected chi connectivity index (χ3v) is 3.94. The molecule has 0 amide bonds. The van der Waals surface area contributed by atoms with Crippen LogP contribution < -0.4 is 10.6 Å². The third kappa shape index (κ3) is 8.19. The van der Waals surface area contributed by atoms with Crippen LogP contribution in [-0.2, 0) is 24.3 Å². The van der Waals surface area contributed by atoms with Crippen LogP contribution in [-0.4, -0.2) is 26.2 Å². The van der Waals surface area contributed by atoms with Gasteiger partial charge in [-0.25, -0.2) is 0 Å². The van der Waals surface area contributed by atoms with E-state index in [1.807, 2.05) is 6.07 Å². The fraction of sp³-hybridized carbons (Fsp3) is 0.381. The van der Waals surface area contributed by atoms with Crippen molar-refractivity contribution in [2.24, 2.45) is 4.99 Å². The number of nitrogens with one attached hydrogen (secondary N) is 2. The number of hydrogen-bond donors (Lipinski definition) is 2. The van der Waals surface area contributed by atoms with Crippen LogP contribution in [0.3, 0.4) is 0 Å². The largest absolute Gasteiger partial charge is 0.377 e. The number of ether oxygens (including phenoxy) is 1. The van der Waals surface area contributed by atoms with Crippen molar-refractivity contribution in [3.63, 3.8) is 0 Å². The van der Waals surface area contributed by atoms with Gasteiger partial charge in [0.25, 0.3) is 0 Å². The number of nitrogens with zero attached hydrogens (tertiary/aromatic N) is 1. The van der Waals surface area contributed by atoms with Crippen LogP contribution in [0.25, 0.3) is 0 Å². The Bertz CT molecular complexity index is 647. The van der Waals surface area contributed by atoms with Crippen molar-refractivity contribution in [1.82, 2.24) is 10.6 Å². The number of rotatable bonds is 9. The van der Waals surface area contributed by atoms with Crippen molar-refractivity contribution in [2.45, 2.75) is 32.9 Å². The van der Waals surface area contributed by atoms with Crippen LogP contribution in [0, 0.1) is 0 Å². The SMILES string of the molecule is CCCOCc1ccccc1CNC(=NC)NCCc1ccccc1.I. The molecule has 0 saturated carbocycles. The Kier molecular flexibility index (Phi) is 11.7. The van der Waals surface area contributed by atoms with E-state index in [9.17, 15) is 0 Å². The van der Waals surface area contributed by atoms with Crippen LogP contribution in [0.1, 0.15) is 30.0 Å². The number of aliphatic imine (C=N–C) groups is 1. The van der Waals surface area contributed by atoms with E-state index in [0.717, 1.165) is 38.5 Å². The molecule has 26 heavy (non-hydrogen) atoms. The van der Waals surface area contributed by atoms with Gasteiger partial charge in [0.15, 0.2) is 5.96 Å². The number of benzene rings is 2. The summed E-state index contributed by atoms with van der Waals surface area (Å²) in [6, 6.07) is 18.8. The number of hydrogen-bond acceptors (Lipinski definition) is 2. The van der Waals surface area contributed by atoms with Crippen molar-refractivity contribution in [3.8, 4) is 0 Å². The summed E-state index contributed by atoms with van der Waals surface area (Å²) in [6.07, 6.45) is 2.02. The second-order valence-electron chi connectivity index (χ2n) is 5.91. The fourth-order valence-electron chi connectivity index (χ4n) is 2.57. The molecule has 2 aromatic rings. The number of halogens is 1. The van der Waals surface area contributed by atoms with Gasteiger partial charge in [-0.05, 0) is 29.5 Å². The van der Waals surface area contributed by atoms with Crippen LogP contribution in [0.4, 0.5) is 0 Å². The van der Waals surface area contributed by atoms with Crippen molar-refractivity contribution in [3.05, 3.63) is 71.3 Å². The first-order valence-electron chi connectivity index (χ1n) is 8.96. The zero-order chi connectivity index (χ0) is 17.7. The van der Waals surface area contributed by atoms with Gasteiger partial charge in [0, 0.05) is 26.7 Å². The summed E-state index contributed by atoms with van der Waals surface area (Å²) in [7, 11) is 1.80. The fourth-order valence-corrected chi connectivity index (χ4v) is 2.57. The molecule has 0 fully saturated rings. The molecular weight excluding hydrogens is 437 g/mol. The van der Waals surface area contributed by atoms with Crippen molar-refractivity contribution < 1.29 is 4.74 Å². The average Bonchev–Trinajstić information content (AvgIpc) is 2.66. The molecule has 0 aliphatic rings. The zero-order valence-electron chi connectivity index (χ0n) is 15.7. The summed E-state index contributed by atoms with van der Waals surface area (Å²) in [6.45, 7) is 5.16. The molecule has 2 rings (SSSR count). The minimum Gasteiger partial charge on any atom is -0.377 e. The molecule has 0 heterocycles. The van der Waals surface area contributed by atoms with E-state index >= 15 is 0 Å². The molecule has 0 bridgehead atoms. The second kappa shape index (κ2) is 13.6. The second-order valence-corrected chi connectivity index (χ2v) is 5.91.